The van der Waals surface area contributed by atoms with Crippen molar-refractivity contribution in [2.24, 2.45) is 11.3 Å². The molecule has 1 aliphatic rings. The lowest BCUT2D eigenvalue weighted by atomic mass is 9.77. The Labute approximate surface area is 114 Å². The highest BCUT2D eigenvalue weighted by Crippen LogP contribution is 2.30. The van der Waals surface area contributed by atoms with Crippen LogP contribution in [-0.2, 0) is 6.42 Å². The molecule has 0 bridgehead atoms. The van der Waals surface area contributed by atoms with Crippen molar-refractivity contribution in [1.29, 1.82) is 0 Å². The molecule has 3 heteroatoms. The molecule has 106 valence electrons. The first-order chi connectivity index (χ1) is 8.86. The van der Waals surface area contributed by atoms with Crippen LogP contribution in [0.15, 0.2) is 18.2 Å². The van der Waals surface area contributed by atoms with Crippen LogP contribution in [0, 0.1) is 23.0 Å². The third-order valence-corrected chi connectivity index (χ3v) is 3.93. The van der Waals surface area contributed by atoms with Crippen LogP contribution in [0.25, 0.3) is 0 Å². The van der Waals surface area contributed by atoms with E-state index >= 15 is 0 Å². The number of benzene rings is 1. The van der Waals surface area contributed by atoms with Gasteiger partial charge in [-0.05, 0) is 60.9 Å². The van der Waals surface area contributed by atoms with Crippen LogP contribution >= 0.6 is 0 Å². The average Bonchev–Trinajstić information content (AvgIpc) is 3.11. The molecule has 0 spiro atoms. The van der Waals surface area contributed by atoms with Gasteiger partial charge in [0.15, 0.2) is 0 Å². The van der Waals surface area contributed by atoms with Gasteiger partial charge in [0.05, 0.1) is 0 Å². The van der Waals surface area contributed by atoms with E-state index in [0.717, 1.165) is 6.54 Å². The van der Waals surface area contributed by atoms with Crippen LogP contribution in [0.2, 0.25) is 0 Å². The maximum atomic E-state index is 13.7. The van der Waals surface area contributed by atoms with E-state index in [2.05, 4.69) is 26.1 Å². The minimum absolute atomic E-state index is 0.0701. The summed E-state index contributed by atoms with van der Waals surface area (Å²) in [5.74, 6) is -0.370. The Hall–Kier alpha value is -0.960. The van der Waals surface area contributed by atoms with E-state index in [1.165, 1.54) is 31.0 Å². The fourth-order valence-corrected chi connectivity index (χ4v) is 2.25. The van der Waals surface area contributed by atoms with Crippen molar-refractivity contribution in [3.8, 4) is 0 Å². The molecule has 19 heavy (non-hydrogen) atoms. The van der Waals surface area contributed by atoms with Gasteiger partial charge in [-0.3, -0.25) is 0 Å². The van der Waals surface area contributed by atoms with Gasteiger partial charge in [-0.25, -0.2) is 8.78 Å². The van der Waals surface area contributed by atoms with Gasteiger partial charge >= 0.3 is 0 Å². The number of rotatable bonds is 5. The number of hydrogen-bond acceptors (Lipinski definition) is 1. The van der Waals surface area contributed by atoms with Gasteiger partial charge < -0.3 is 5.32 Å². The van der Waals surface area contributed by atoms with Gasteiger partial charge in [0, 0.05) is 6.04 Å². The second-order valence-corrected chi connectivity index (χ2v) is 6.69. The van der Waals surface area contributed by atoms with E-state index in [0.29, 0.717) is 23.9 Å². The Kier molecular flexibility index (Phi) is 4.24. The summed E-state index contributed by atoms with van der Waals surface area (Å²) in [5, 5.41) is 3.50. The molecular weight excluding hydrogens is 244 g/mol. The number of nitrogens with one attached hydrogen (secondary N) is 1. The first-order valence-corrected chi connectivity index (χ1v) is 7.03. The molecule has 1 nitrogen and oxygen atoms in total. The first kappa shape index (κ1) is 14.4. The minimum Gasteiger partial charge on any atom is -0.314 e. The summed E-state index contributed by atoms with van der Waals surface area (Å²) in [6, 6.07) is 4.36. The molecule has 1 unspecified atom stereocenters. The fourth-order valence-electron chi connectivity index (χ4n) is 2.25. The normalized spacial score (nSPS) is 17.5. The van der Waals surface area contributed by atoms with Crippen molar-refractivity contribution >= 4 is 0 Å². The fraction of sp³-hybridized carbons (Fsp3) is 0.625. The van der Waals surface area contributed by atoms with E-state index in [1.54, 1.807) is 0 Å². The van der Waals surface area contributed by atoms with Gasteiger partial charge in [-0.15, -0.1) is 0 Å². The van der Waals surface area contributed by atoms with Crippen LogP contribution < -0.4 is 5.32 Å². The highest BCUT2D eigenvalue weighted by Gasteiger charge is 2.28. The standard InChI is InChI=1S/C16H23F2N/c1-16(2,3)12(10-19-14-5-6-14)8-11-9-13(17)4-7-15(11)18/h4,7,9,12,14,19H,5-6,8,10H2,1-3H3. The Bertz CT molecular complexity index is 433. The summed E-state index contributed by atoms with van der Waals surface area (Å²) in [6.07, 6.45) is 3.06. The summed E-state index contributed by atoms with van der Waals surface area (Å²) >= 11 is 0. The maximum absolute atomic E-state index is 13.7. The van der Waals surface area contributed by atoms with Gasteiger partial charge in [0.25, 0.3) is 0 Å². The Morgan fingerprint density at radius 3 is 2.53 bits per heavy atom. The Balaban J connectivity index is 2.07. The molecule has 0 amide bonds. The Morgan fingerprint density at radius 2 is 1.95 bits per heavy atom. The molecule has 0 aromatic heterocycles. The molecular formula is C16H23F2N. The van der Waals surface area contributed by atoms with Crippen molar-refractivity contribution in [3.05, 3.63) is 35.4 Å². The highest BCUT2D eigenvalue weighted by atomic mass is 19.1. The molecule has 0 saturated heterocycles. The maximum Gasteiger partial charge on any atom is 0.126 e. The largest absolute Gasteiger partial charge is 0.314 e. The van der Waals surface area contributed by atoms with Crippen molar-refractivity contribution in [2.45, 2.75) is 46.1 Å². The van der Waals surface area contributed by atoms with Gasteiger partial charge in [-0.2, -0.15) is 0 Å². The van der Waals surface area contributed by atoms with Crippen molar-refractivity contribution in [2.75, 3.05) is 6.54 Å². The van der Waals surface area contributed by atoms with E-state index < -0.39 is 0 Å². The lowest BCUT2D eigenvalue weighted by Crippen LogP contribution is -2.34. The summed E-state index contributed by atoms with van der Waals surface area (Å²) in [4.78, 5) is 0. The summed E-state index contributed by atoms with van der Waals surface area (Å²) < 4.78 is 27.0. The zero-order valence-corrected chi connectivity index (χ0v) is 12.0. The van der Waals surface area contributed by atoms with Crippen LogP contribution in [0.5, 0.6) is 0 Å². The van der Waals surface area contributed by atoms with Gasteiger partial charge in [-0.1, -0.05) is 20.8 Å². The van der Waals surface area contributed by atoms with E-state index in [-0.39, 0.29) is 17.0 Å². The lowest BCUT2D eigenvalue weighted by Gasteiger charge is -2.31. The van der Waals surface area contributed by atoms with Crippen LogP contribution in [0.4, 0.5) is 8.78 Å². The topological polar surface area (TPSA) is 12.0 Å². The monoisotopic (exact) mass is 267 g/mol. The Morgan fingerprint density at radius 1 is 1.26 bits per heavy atom. The van der Waals surface area contributed by atoms with Crippen LogP contribution in [0.3, 0.4) is 0 Å². The lowest BCUT2D eigenvalue weighted by molar-refractivity contribution is 0.228. The zero-order chi connectivity index (χ0) is 14.0. The van der Waals surface area contributed by atoms with Crippen molar-refractivity contribution in [1.82, 2.24) is 5.32 Å². The molecule has 1 aliphatic carbocycles. The molecule has 1 aromatic rings. The van der Waals surface area contributed by atoms with Gasteiger partial charge in [0.1, 0.15) is 11.6 Å². The van der Waals surface area contributed by atoms with E-state index in [9.17, 15) is 8.78 Å². The van der Waals surface area contributed by atoms with E-state index in [4.69, 9.17) is 0 Å². The third kappa shape index (κ3) is 4.27. The quantitative estimate of drug-likeness (QED) is 0.852. The smallest absolute Gasteiger partial charge is 0.126 e. The average molecular weight is 267 g/mol. The number of halogens is 2. The zero-order valence-electron chi connectivity index (χ0n) is 12.0. The van der Waals surface area contributed by atoms with Gasteiger partial charge in [0.2, 0.25) is 0 Å². The van der Waals surface area contributed by atoms with Crippen molar-refractivity contribution < 1.29 is 8.78 Å². The van der Waals surface area contributed by atoms with E-state index in [1.807, 2.05) is 0 Å². The summed E-state index contributed by atoms with van der Waals surface area (Å²) in [5.41, 5.74) is 0.554. The molecule has 0 heterocycles. The molecule has 0 radical (unpaired) electrons. The molecule has 1 saturated carbocycles. The first-order valence-electron chi connectivity index (χ1n) is 7.03. The molecule has 1 N–H and O–H groups in total. The summed E-state index contributed by atoms with van der Waals surface area (Å²) in [7, 11) is 0. The second-order valence-electron chi connectivity index (χ2n) is 6.69. The highest BCUT2D eigenvalue weighted by molar-refractivity contribution is 5.19. The SMILES string of the molecule is CC(C)(C)C(CNC1CC1)Cc1cc(F)ccc1F. The van der Waals surface area contributed by atoms with Crippen LogP contribution in [0.1, 0.15) is 39.2 Å². The van der Waals surface area contributed by atoms with Crippen LogP contribution in [-0.4, -0.2) is 12.6 Å². The predicted molar refractivity (Wildman–Crippen MR) is 74.0 cm³/mol. The summed E-state index contributed by atoms with van der Waals surface area (Å²) in [6.45, 7) is 7.33. The number of hydrogen-bond donors (Lipinski definition) is 1. The molecule has 1 atom stereocenters. The molecule has 0 aliphatic heterocycles. The molecule has 2 rings (SSSR count). The molecule has 1 fully saturated rings. The second kappa shape index (κ2) is 5.58. The minimum atomic E-state index is -0.362. The van der Waals surface area contributed by atoms with Crippen molar-refractivity contribution in [3.63, 3.8) is 0 Å². The predicted octanol–water partition coefficient (Wildman–Crippen LogP) is 3.92. The molecule has 1 aromatic carbocycles. The third-order valence-electron chi connectivity index (χ3n) is 3.93.